The second-order valence-corrected chi connectivity index (χ2v) is 6.95. The summed E-state index contributed by atoms with van der Waals surface area (Å²) in [7, 11) is 3.00. The maximum Gasteiger partial charge on any atom is 0.263 e. The fourth-order valence-corrected chi connectivity index (χ4v) is 2.73. The highest BCUT2D eigenvalue weighted by molar-refractivity contribution is 5.97. The van der Waals surface area contributed by atoms with Gasteiger partial charge in [-0.3, -0.25) is 14.6 Å². The normalized spacial score (nSPS) is 11.4. The van der Waals surface area contributed by atoms with Crippen molar-refractivity contribution >= 4 is 11.8 Å². The molecular formula is C21H25N5O2. The molecule has 0 saturated carbocycles. The van der Waals surface area contributed by atoms with Gasteiger partial charge in [-0.05, 0) is 47.7 Å². The number of carbonyl (C=O) groups excluding carboxylic acids is 2. The number of pyridine rings is 1. The fourth-order valence-electron chi connectivity index (χ4n) is 2.73. The highest BCUT2D eigenvalue weighted by Gasteiger charge is 2.27. The molecular weight excluding hydrogens is 354 g/mol. The zero-order valence-corrected chi connectivity index (χ0v) is 16.6. The van der Waals surface area contributed by atoms with Gasteiger partial charge in [0, 0.05) is 32.1 Å². The molecule has 0 saturated heterocycles. The number of amides is 2. The van der Waals surface area contributed by atoms with Crippen molar-refractivity contribution in [1.82, 2.24) is 20.3 Å². The van der Waals surface area contributed by atoms with E-state index in [1.54, 1.807) is 24.5 Å². The monoisotopic (exact) mass is 379 g/mol. The van der Waals surface area contributed by atoms with Crippen LogP contribution in [0, 0.1) is 17.4 Å². The van der Waals surface area contributed by atoms with Gasteiger partial charge in [-0.15, -0.1) is 0 Å². The number of aromatic nitrogens is 1. The van der Waals surface area contributed by atoms with Crippen molar-refractivity contribution in [3.05, 3.63) is 54.4 Å². The number of benzene rings is 1. The quantitative estimate of drug-likeness (QED) is 0.454. The van der Waals surface area contributed by atoms with Crippen LogP contribution in [0.5, 0.6) is 0 Å². The molecule has 2 rings (SSSR count). The highest BCUT2D eigenvalue weighted by Crippen LogP contribution is 2.19. The number of hydrogen-bond donors (Lipinski definition) is 1. The maximum absolute atomic E-state index is 12.7. The molecule has 146 valence electrons. The topological polar surface area (TPSA) is 89.3 Å². The molecule has 2 aromatic rings. The number of carbonyl (C=O) groups is 2. The van der Waals surface area contributed by atoms with Gasteiger partial charge in [0.2, 0.25) is 0 Å². The molecule has 0 aliphatic carbocycles. The number of nitrogens with one attached hydrogen (secondary N) is 1. The Labute approximate surface area is 165 Å². The van der Waals surface area contributed by atoms with E-state index in [1.807, 2.05) is 44.3 Å². The summed E-state index contributed by atoms with van der Waals surface area (Å²) in [4.78, 5) is 29.4. The van der Waals surface area contributed by atoms with Crippen LogP contribution < -0.4 is 5.32 Å². The highest BCUT2D eigenvalue weighted by atomic mass is 16.2. The third-order valence-corrected chi connectivity index (χ3v) is 4.38. The van der Waals surface area contributed by atoms with E-state index in [1.165, 1.54) is 19.1 Å². The zero-order chi connectivity index (χ0) is 20.7. The Morgan fingerprint density at radius 2 is 1.64 bits per heavy atom. The largest absolute Gasteiger partial charge is 0.340 e. The number of nitriles is 1. The molecule has 7 heteroatoms. The summed E-state index contributed by atoms with van der Waals surface area (Å²) in [5.74, 6) is -0.461. The van der Waals surface area contributed by atoms with E-state index in [9.17, 15) is 9.59 Å². The molecule has 0 bridgehead atoms. The van der Waals surface area contributed by atoms with Gasteiger partial charge in [0.25, 0.3) is 11.8 Å². The molecule has 1 atom stereocenters. The van der Waals surface area contributed by atoms with Crippen molar-refractivity contribution in [1.29, 1.82) is 5.26 Å². The standard InChI is InChI=1S/C21H25N5O2/c1-15(2)13-19(21(28)26(4)25(3)14-22)24-20(27)18-7-5-16(6-8-18)17-9-11-23-12-10-17/h5-12,15,19H,13H2,1-4H3,(H,24,27)/t19-/m0/s1. The average Bonchev–Trinajstić information content (AvgIpc) is 2.72. The van der Waals surface area contributed by atoms with Crippen LogP contribution in [0.4, 0.5) is 0 Å². The summed E-state index contributed by atoms with van der Waals surface area (Å²) >= 11 is 0. The summed E-state index contributed by atoms with van der Waals surface area (Å²) in [6.07, 6.45) is 5.79. The summed E-state index contributed by atoms with van der Waals surface area (Å²) in [5, 5.41) is 14.1. The third-order valence-electron chi connectivity index (χ3n) is 4.38. The molecule has 1 aromatic heterocycles. The van der Waals surface area contributed by atoms with Crippen molar-refractivity contribution in [3.63, 3.8) is 0 Å². The molecule has 0 fully saturated rings. The van der Waals surface area contributed by atoms with Gasteiger partial charge in [-0.2, -0.15) is 5.26 Å². The molecule has 1 N–H and O–H groups in total. The molecule has 28 heavy (non-hydrogen) atoms. The van der Waals surface area contributed by atoms with E-state index in [4.69, 9.17) is 5.26 Å². The molecule has 0 unspecified atom stereocenters. The van der Waals surface area contributed by atoms with Crippen molar-refractivity contribution in [2.45, 2.75) is 26.3 Å². The van der Waals surface area contributed by atoms with Crippen molar-refractivity contribution in [2.24, 2.45) is 5.92 Å². The van der Waals surface area contributed by atoms with Crippen molar-refractivity contribution < 1.29 is 9.59 Å². The van der Waals surface area contributed by atoms with Crippen LogP contribution in [-0.2, 0) is 4.79 Å². The smallest absolute Gasteiger partial charge is 0.263 e. The lowest BCUT2D eigenvalue weighted by atomic mass is 10.0. The average molecular weight is 379 g/mol. The van der Waals surface area contributed by atoms with E-state index in [-0.39, 0.29) is 17.7 Å². The first kappa shape index (κ1) is 20.9. The second-order valence-electron chi connectivity index (χ2n) is 6.95. The fraction of sp³-hybridized carbons (Fsp3) is 0.333. The van der Waals surface area contributed by atoms with Crippen LogP contribution in [-0.4, -0.2) is 47.0 Å². The molecule has 0 radical (unpaired) electrons. The lowest BCUT2D eigenvalue weighted by Gasteiger charge is -2.28. The Morgan fingerprint density at radius 1 is 1.07 bits per heavy atom. The van der Waals surface area contributed by atoms with Gasteiger partial charge < -0.3 is 5.32 Å². The van der Waals surface area contributed by atoms with E-state index < -0.39 is 6.04 Å². The summed E-state index contributed by atoms with van der Waals surface area (Å²) in [5.41, 5.74) is 2.45. The SMILES string of the molecule is CC(C)C[C@H](NC(=O)c1ccc(-c2ccncc2)cc1)C(=O)N(C)N(C)C#N. The van der Waals surface area contributed by atoms with Crippen molar-refractivity contribution in [2.75, 3.05) is 14.1 Å². The Kier molecular flexibility index (Phi) is 7.10. The number of nitrogens with zero attached hydrogens (tertiary/aromatic N) is 4. The van der Waals surface area contributed by atoms with Crippen LogP contribution >= 0.6 is 0 Å². The summed E-state index contributed by atoms with van der Waals surface area (Å²) in [6, 6.07) is 10.3. The van der Waals surface area contributed by atoms with Gasteiger partial charge in [-0.25, -0.2) is 10.0 Å². The maximum atomic E-state index is 12.7. The summed E-state index contributed by atoms with van der Waals surface area (Å²) < 4.78 is 0. The van der Waals surface area contributed by atoms with Crippen molar-refractivity contribution in [3.8, 4) is 17.3 Å². The molecule has 2 amide bonds. The van der Waals surface area contributed by atoms with Crippen LogP contribution in [0.1, 0.15) is 30.6 Å². The first-order chi connectivity index (χ1) is 13.3. The van der Waals surface area contributed by atoms with Gasteiger partial charge in [-0.1, -0.05) is 26.0 Å². The van der Waals surface area contributed by atoms with E-state index >= 15 is 0 Å². The first-order valence-electron chi connectivity index (χ1n) is 9.05. The van der Waals surface area contributed by atoms with Gasteiger partial charge in [0.05, 0.1) is 0 Å². The van der Waals surface area contributed by atoms with Crippen LogP contribution in [0.15, 0.2) is 48.8 Å². The molecule has 0 spiro atoms. The Morgan fingerprint density at radius 3 is 2.18 bits per heavy atom. The number of likely N-dealkylation sites (N-methyl/N-ethyl adjacent to an activating group) is 1. The minimum Gasteiger partial charge on any atom is -0.340 e. The van der Waals surface area contributed by atoms with E-state index in [2.05, 4.69) is 10.3 Å². The Hall–Kier alpha value is -3.40. The predicted molar refractivity (Wildman–Crippen MR) is 107 cm³/mol. The van der Waals surface area contributed by atoms with Crippen LogP contribution in [0.3, 0.4) is 0 Å². The molecule has 0 aliphatic rings. The van der Waals surface area contributed by atoms with Crippen LogP contribution in [0.2, 0.25) is 0 Å². The summed E-state index contributed by atoms with van der Waals surface area (Å²) in [6.45, 7) is 3.95. The van der Waals surface area contributed by atoms with E-state index in [0.29, 0.717) is 12.0 Å². The number of rotatable bonds is 7. The molecule has 1 aromatic carbocycles. The minimum atomic E-state index is -0.715. The first-order valence-corrected chi connectivity index (χ1v) is 9.05. The van der Waals surface area contributed by atoms with Crippen LogP contribution in [0.25, 0.3) is 11.1 Å². The second kappa shape index (κ2) is 9.51. The molecule has 7 nitrogen and oxygen atoms in total. The minimum absolute atomic E-state index is 0.198. The molecule has 1 heterocycles. The lowest BCUT2D eigenvalue weighted by molar-refractivity contribution is -0.142. The van der Waals surface area contributed by atoms with E-state index in [0.717, 1.165) is 16.1 Å². The predicted octanol–water partition coefficient (Wildman–Crippen LogP) is 2.68. The third kappa shape index (κ3) is 5.30. The number of hydrazine groups is 1. The lowest BCUT2D eigenvalue weighted by Crippen LogP contribution is -2.51. The number of hydrogen-bond acceptors (Lipinski definition) is 5. The Balaban J connectivity index is 2.14. The molecule has 0 aliphatic heterocycles. The Bertz CT molecular complexity index is 843. The van der Waals surface area contributed by atoms with Gasteiger partial charge >= 0.3 is 0 Å². The zero-order valence-electron chi connectivity index (χ0n) is 16.6. The van der Waals surface area contributed by atoms with Gasteiger partial charge in [0.15, 0.2) is 6.19 Å². The van der Waals surface area contributed by atoms with Gasteiger partial charge in [0.1, 0.15) is 6.04 Å².